The summed E-state index contributed by atoms with van der Waals surface area (Å²) in [7, 11) is 0. The third-order valence-corrected chi connectivity index (χ3v) is 14.5. The van der Waals surface area contributed by atoms with Crippen molar-refractivity contribution < 1.29 is 0 Å². The van der Waals surface area contributed by atoms with Crippen molar-refractivity contribution in [1.82, 2.24) is 19.1 Å². The molecule has 0 unspecified atom stereocenters. The molecule has 1 aliphatic carbocycles. The third-order valence-electron chi connectivity index (χ3n) is 14.5. The van der Waals surface area contributed by atoms with E-state index in [0.29, 0.717) is 5.82 Å². The highest BCUT2D eigenvalue weighted by atomic mass is 15.0. The van der Waals surface area contributed by atoms with Crippen molar-refractivity contribution in [3.8, 4) is 56.3 Å². The zero-order valence-electron chi connectivity index (χ0n) is 37.1. The maximum absolute atomic E-state index is 5.56. The molecule has 14 rings (SSSR count). The van der Waals surface area contributed by atoms with Gasteiger partial charge in [0.1, 0.15) is 0 Å². The molecule has 0 atom stereocenters. The van der Waals surface area contributed by atoms with Gasteiger partial charge in [0.2, 0.25) is 0 Å². The van der Waals surface area contributed by atoms with Crippen LogP contribution in [0.15, 0.2) is 218 Å². The van der Waals surface area contributed by atoms with Crippen molar-refractivity contribution >= 4 is 65.3 Å². The molecule has 4 heteroatoms. The van der Waals surface area contributed by atoms with E-state index in [1.807, 2.05) is 0 Å². The summed E-state index contributed by atoms with van der Waals surface area (Å²) < 4.78 is 4.81. The Kier molecular flexibility index (Phi) is 8.00. The molecule has 3 heterocycles. The molecule has 10 aromatic carbocycles. The number of hydrogen-bond donors (Lipinski definition) is 0. The van der Waals surface area contributed by atoms with Gasteiger partial charge in [-0.15, -0.1) is 0 Å². The summed E-state index contributed by atoms with van der Waals surface area (Å²) in [5.74, 6) is 0.699. The van der Waals surface area contributed by atoms with Gasteiger partial charge in [0.25, 0.3) is 0 Å². The lowest BCUT2D eigenvalue weighted by Crippen LogP contribution is -2.14. The lowest BCUT2D eigenvalue weighted by Gasteiger charge is -2.21. The predicted octanol–water partition coefficient (Wildman–Crippen LogP) is 16.3. The molecular weight excluding hydrogens is 813 g/mol. The Bertz CT molecular complexity index is 4190. The number of aromatic nitrogens is 4. The second-order valence-corrected chi connectivity index (χ2v) is 18.5. The number of hydrogen-bond acceptors (Lipinski definition) is 2. The number of benzene rings is 10. The molecule has 0 N–H and O–H groups in total. The van der Waals surface area contributed by atoms with E-state index in [1.165, 1.54) is 71.3 Å². The molecule has 13 aromatic rings. The van der Waals surface area contributed by atoms with Gasteiger partial charge in [-0.05, 0) is 105 Å². The van der Waals surface area contributed by atoms with Crippen LogP contribution in [0.5, 0.6) is 0 Å². The molecule has 3 aromatic heterocycles. The van der Waals surface area contributed by atoms with Crippen LogP contribution >= 0.6 is 0 Å². The van der Waals surface area contributed by atoms with Crippen LogP contribution in [0.25, 0.3) is 122 Å². The summed E-state index contributed by atoms with van der Waals surface area (Å²) in [5, 5.41) is 8.32. The molecule has 0 bridgehead atoms. The van der Waals surface area contributed by atoms with Crippen LogP contribution in [0.1, 0.15) is 25.0 Å². The quantitative estimate of drug-likeness (QED) is 0.162. The van der Waals surface area contributed by atoms with E-state index < -0.39 is 0 Å². The second kappa shape index (κ2) is 14.2. The van der Waals surface area contributed by atoms with Crippen molar-refractivity contribution in [3.63, 3.8) is 0 Å². The first kappa shape index (κ1) is 37.7. The van der Waals surface area contributed by atoms with Crippen LogP contribution in [0.3, 0.4) is 0 Å². The normalized spacial score (nSPS) is 13.0. The predicted molar refractivity (Wildman–Crippen MR) is 280 cm³/mol. The van der Waals surface area contributed by atoms with E-state index in [9.17, 15) is 0 Å². The molecule has 314 valence electrons. The average Bonchev–Trinajstić information content (AvgIpc) is 3.98. The van der Waals surface area contributed by atoms with E-state index in [4.69, 9.17) is 9.97 Å². The first-order valence-electron chi connectivity index (χ1n) is 23.2. The monoisotopic (exact) mass is 854 g/mol. The molecule has 67 heavy (non-hydrogen) atoms. The fraction of sp³-hybridized carbons (Fsp3) is 0.0476. The highest BCUT2D eigenvalue weighted by Gasteiger charge is 2.35. The molecule has 4 nitrogen and oxygen atoms in total. The largest absolute Gasteiger partial charge is 0.309 e. The second-order valence-electron chi connectivity index (χ2n) is 18.5. The van der Waals surface area contributed by atoms with E-state index >= 15 is 0 Å². The fourth-order valence-corrected chi connectivity index (χ4v) is 11.4. The zero-order valence-corrected chi connectivity index (χ0v) is 37.1. The molecule has 0 aliphatic heterocycles. The van der Waals surface area contributed by atoms with Crippen LogP contribution in [-0.4, -0.2) is 19.1 Å². The molecule has 0 amide bonds. The molecule has 1 aliphatic rings. The SMILES string of the molecule is CC1(C)c2ccccc2-c2cc(-c3nc(-c4cccc(-n5c6ccccc6c6c(-c7ccc8c9ccccc9n(-c9ccccc9)c8c7)cccc65)c4)nc4ccc5ccccc5c34)ccc21. The maximum atomic E-state index is 5.56. The van der Waals surface area contributed by atoms with Crippen LogP contribution in [-0.2, 0) is 5.41 Å². The minimum absolute atomic E-state index is 0.0820. The van der Waals surface area contributed by atoms with Gasteiger partial charge in [-0.1, -0.05) is 172 Å². The zero-order chi connectivity index (χ0) is 44.4. The van der Waals surface area contributed by atoms with E-state index in [2.05, 4.69) is 241 Å². The third kappa shape index (κ3) is 5.54. The van der Waals surface area contributed by atoms with Crippen LogP contribution in [0.2, 0.25) is 0 Å². The number of fused-ring (bicyclic) bond motifs is 12. The van der Waals surface area contributed by atoms with Gasteiger partial charge in [-0.25, -0.2) is 9.97 Å². The summed E-state index contributed by atoms with van der Waals surface area (Å²) in [4.78, 5) is 10.9. The van der Waals surface area contributed by atoms with Crippen molar-refractivity contribution in [1.29, 1.82) is 0 Å². The molecule has 0 radical (unpaired) electrons. The summed E-state index contributed by atoms with van der Waals surface area (Å²) in [6.45, 7) is 4.67. The smallest absolute Gasteiger partial charge is 0.160 e. The standard InChI is InChI=1S/C63H42N4/c1-63(2)52-26-11-8-22-47(52)51-37-41(31-34-53(51)63)61-60-45-21-7-6-16-39(45)32-35-54(60)64-62(65-61)42-17-14-20-44(36-42)67-56-28-13-10-24-50(56)59-46(25-15-29-57(59)67)40-30-33-49-48-23-9-12-27-55(48)66(58(49)38-40)43-18-4-3-5-19-43/h3-38H,1-2H3. The number of para-hydroxylation sites is 3. The number of rotatable bonds is 5. The van der Waals surface area contributed by atoms with E-state index in [1.54, 1.807) is 0 Å². The first-order valence-corrected chi connectivity index (χ1v) is 23.2. The highest BCUT2D eigenvalue weighted by molar-refractivity contribution is 6.17. The Morgan fingerprint density at radius 3 is 1.88 bits per heavy atom. The first-order chi connectivity index (χ1) is 33.0. The maximum Gasteiger partial charge on any atom is 0.160 e. The highest BCUT2D eigenvalue weighted by Crippen LogP contribution is 2.50. The molecular formula is C63H42N4. The average molecular weight is 855 g/mol. The van der Waals surface area contributed by atoms with Crippen LogP contribution < -0.4 is 0 Å². The summed E-state index contributed by atoms with van der Waals surface area (Å²) >= 11 is 0. The molecule has 0 spiro atoms. The van der Waals surface area contributed by atoms with E-state index in [0.717, 1.165) is 55.5 Å². The van der Waals surface area contributed by atoms with Gasteiger partial charge in [0, 0.05) is 54.8 Å². The Morgan fingerprint density at radius 1 is 0.358 bits per heavy atom. The Morgan fingerprint density at radius 2 is 1.00 bits per heavy atom. The molecule has 0 fully saturated rings. The topological polar surface area (TPSA) is 35.6 Å². The lowest BCUT2D eigenvalue weighted by atomic mass is 9.82. The van der Waals surface area contributed by atoms with E-state index in [-0.39, 0.29) is 5.41 Å². The summed E-state index contributed by atoms with van der Waals surface area (Å²) in [6.07, 6.45) is 0. The number of nitrogens with zero attached hydrogens (tertiary/aromatic N) is 4. The summed E-state index contributed by atoms with van der Waals surface area (Å²) in [6, 6.07) is 79.5. The van der Waals surface area contributed by atoms with Gasteiger partial charge in [-0.3, -0.25) is 0 Å². The Hall–Kier alpha value is -8.60. The van der Waals surface area contributed by atoms with Gasteiger partial charge in [-0.2, -0.15) is 0 Å². The van der Waals surface area contributed by atoms with Gasteiger partial charge >= 0.3 is 0 Å². The van der Waals surface area contributed by atoms with Crippen molar-refractivity contribution in [2.45, 2.75) is 19.3 Å². The van der Waals surface area contributed by atoms with Gasteiger partial charge in [0.15, 0.2) is 5.82 Å². The minimum atomic E-state index is -0.0820. The summed E-state index contributed by atoms with van der Waals surface area (Å²) in [5.41, 5.74) is 18.4. The Labute approximate surface area is 387 Å². The lowest BCUT2D eigenvalue weighted by molar-refractivity contribution is 0.660. The van der Waals surface area contributed by atoms with Gasteiger partial charge < -0.3 is 9.13 Å². The molecule has 0 saturated heterocycles. The van der Waals surface area contributed by atoms with Crippen LogP contribution in [0.4, 0.5) is 0 Å². The van der Waals surface area contributed by atoms with Crippen molar-refractivity contribution in [3.05, 3.63) is 230 Å². The van der Waals surface area contributed by atoms with Crippen LogP contribution in [0, 0.1) is 0 Å². The van der Waals surface area contributed by atoms with Crippen molar-refractivity contribution in [2.24, 2.45) is 0 Å². The molecule has 0 saturated carbocycles. The fourth-order valence-electron chi connectivity index (χ4n) is 11.4. The Balaban J connectivity index is 0.952. The van der Waals surface area contributed by atoms with Gasteiger partial charge in [0.05, 0.1) is 33.3 Å². The minimum Gasteiger partial charge on any atom is -0.309 e. The van der Waals surface area contributed by atoms with Crippen molar-refractivity contribution in [2.75, 3.05) is 0 Å².